The fourth-order valence-corrected chi connectivity index (χ4v) is 1.50. The summed E-state index contributed by atoms with van der Waals surface area (Å²) in [6.45, 7) is 4.35. The summed E-state index contributed by atoms with van der Waals surface area (Å²) in [6, 6.07) is 2.41. The van der Waals surface area contributed by atoms with Crippen molar-refractivity contribution in [3.8, 4) is 0 Å². The lowest BCUT2D eigenvalue weighted by molar-refractivity contribution is 0.449. The zero-order valence-electron chi connectivity index (χ0n) is 9.40. The first-order valence-electron chi connectivity index (χ1n) is 5.33. The van der Waals surface area contributed by atoms with Gasteiger partial charge in [-0.1, -0.05) is 13.8 Å². The van der Waals surface area contributed by atoms with Gasteiger partial charge in [0.15, 0.2) is 0 Å². The Kier molecular flexibility index (Phi) is 4.14. The van der Waals surface area contributed by atoms with Crippen LogP contribution in [0.5, 0.6) is 0 Å². The fourth-order valence-electron chi connectivity index (χ4n) is 1.50. The predicted octanol–water partition coefficient (Wildman–Crippen LogP) is 1.73. The molecule has 3 heteroatoms. The van der Waals surface area contributed by atoms with Crippen molar-refractivity contribution in [2.75, 3.05) is 0 Å². The second kappa shape index (κ2) is 5.15. The van der Waals surface area contributed by atoms with Crippen molar-refractivity contribution in [1.82, 2.24) is 9.78 Å². The van der Waals surface area contributed by atoms with E-state index in [1.165, 1.54) is 5.69 Å². The molecule has 0 amide bonds. The van der Waals surface area contributed by atoms with E-state index < -0.39 is 0 Å². The van der Waals surface area contributed by atoms with Gasteiger partial charge in [-0.05, 0) is 31.2 Å². The Morgan fingerprint density at radius 2 is 2.21 bits per heavy atom. The largest absolute Gasteiger partial charge is 0.327 e. The van der Waals surface area contributed by atoms with Gasteiger partial charge in [-0.15, -0.1) is 0 Å². The van der Waals surface area contributed by atoms with Crippen molar-refractivity contribution in [2.24, 2.45) is 18.7 Å². The van der Waals surface area contributed by atoms with E-state index in [2.05, 4.69) is 25.0 Å². The van der Waals surface area contributed by atoms with Gasteiger partial charge in [0.05, 0.1) is 0 Å². The zero-order chi connectivity index (χ0) is 10.6. The summed E-state index contributed by atoms with van der Waals surface area (Å²) >= 11 is 0. The molecule has 2 N–H and O–H groups in total. The zero-order valence-corrected chi connectivity index (χ0v) is 9.40. The maximum Gasteiger partial charge on any atom is 0.0492 e. The molecule has 0 aliphatic heterocycles. The quantitative estimate of drug-likeness (QED) is 0.777. The molecule has 0 saturated heterocycles. The Balaban J connectivity index is 2.25. The molecule has 0 spiro atoms. The topological polar surface area (TPSA) is 43.8 Å². The van der Waals surface area contributed by atoms with Crippen molar-refractivity contribution in [1.29, 1.82) is 0 Å². The molecule has 14 heavy (non-hydrogen) atoms. The second-order valence-corrected chi connectivity index (χ2v) is 4.25. The molecular formula is C11H21N3. The van der Waals surface area contributed by atoms with Crippen molar-refractivity contribution in [2.45, 2.75) is 39.2 Å². The van der Waals surface area contributed by atoms with Crippen LogP contribution in [0.4, 0.5) is 0 Å². The highest BCUT2D eigenvalue weighted by atomic mass is 15.2. The fraction of sp³-hybridized carbons (Fsp3) is 0.727. The predicted molar refractivity (Wildman–Crippen MR) is 59.0 cm³/mol. The number of aromatic nitrogens is 2. The summed E-state index contributed by atoms with van der Waals surface area (Å²) in [5, 5.41) is 4.13. The molecule has 3 nitrogen and oxygen atoms in total. The highest BCUT2D eigenvalue weighted by molar-refractivity contribution is 4.99. The molecular weight excluding hydrogens is 174 g/mol. The van der Waals surface area contributed by atoms with E-state index in [0.29, 0.717) is 12.0 Å². The van der Waals surface area contributed by atoms with Crippen molar-refractivity contribution in [3.05, 3.63) is 18.0 Å². The average Bonchev–Trinajstić information content (AvgIpc) is 2.51. The first-order chi connectivity index (χ1) is 6.61. The molecule has 1 unspecified atom stereocenters. The van der Waals surface area contributed by atoms with Crippen LogP contribution in [0, 0.1) is 5.92 Å². The lowest BCUT2D eigenvalue weighted by Gasteiger charge is -2.14. The van der Waals surface area contributed by atoms with Crippen molar-refractivity contribution in [3.63, 3.8) is 0 Å². The minimum absolute atomic E-state index is 0.336. The highest BCUT2D eigenvalue weighted by Gasteiger charge is 2.07. The first kappa shape index (κ1) is 11.2. The molecule has 0 aliphatic rings. The number of rotatable bonds is 5. The highest BCUT2D eigenvalue weighted by Crippen LogP contribution is 2.09. The standard InChI is InChI=1S/C11H21N3/c1-9(2)11(12)6-4-5-10-7-8-13-14(10)3/h7-9,11H,4-6,12H2,1-3H3. The summed E-state index contributed by atoms with van der Waals surface area (Å²) in [7, 11) is 1.98. The Bertz CT molecular complexity index is 265. The van der Waals surface area contributed by atoms with Gasteiger partial charge in [-0.3, -0.25) is 4.68 Å². The molecule has 80 valence electrons. The van der Waals surface area contributed by atoms with Crippen LogP contribution >= 0.6 is 0 Å². The van der Waals surface area contributed by atoms with Gasteiger partial charge in [-0.2, -0.15) is 5.10 Å². The maximum absolute atomic E-state index is 5.97. The molecule has 0 aliphatic carbocycles. The summed E-state index contributed by atoms with van der Waals surface area (Å²) in [5.74, 6) is 0.585. The van der Waals surface area contributed by atoms with Gasteiger partial charge in [0.1, 0.15) is 0 Å². The minimum Gasteiger partial charge on any atom is -0.327 e. The van der Waals surface area contributed by atoms with Crippen LogP contribution in [0.1, 0.15) is 32.4 Å². The van der Waals surface area contributed by atoms with Gasteiger partial charge in [-0.25, -0.2) is 0 Å². The molecule has 1 heterocycles. The summed E-state index contributed by atoms with van der Waals surface area (Å²) in [6.07, 6.45) is 5.18. The number of nitrogens with two attached hydrogens (primary N) is 1. The van der Waals surface area contributed by atoms with E-state index in [0.717, 1.165) is 19.3 Å². The molecule has 1 aromatic heterocycles. The van der Waals surface area contributed by atoms with Gasteiger partial charge in [0.2, 0.25) is 0 Å². The lowest BCUT2D eigenvalue weighted by Crippen LogP contribution is -2.26. The maximum atomic E-state index is 5.97. The number of hydrogen-bond donors (Lipinski definition) is 1. The Labute approximate surface area is 86.3 Å². The third-order valence-electron chi connectivity index (χ3n) is 2.75. The first-order valence-corrected chi connectivity index (χ1v) is 5.33. The van der Waals surface area contributed by atoms with E-state index in [1.807, 2.05) is 17.9 Å². The lowest BCUT2D eigenvalue weighted by atomic mass is 9.99. The van der Waals surface area contributed by atoms with Gasteiger partial charge < -0.3 is 5.73 Å². The Morgan fingerprint density at radius 3 is 2.71 bits per heavy atom. The number of aryl methyl sites for hydroxylation is 2. The summed E-state index contributed by atoms with van der Waals surface area (Å²) < 4.78 is 1.93. The van der Waals surface area contributed by atoms with Crippen LogP contribution in [-0.4, -0.2) is 15.8 Å². The smallest absolute Gasteiger partial charge is 0.0492 e. The van der Waals surface area contributed by atoms with E-state index in [1.54, 1.807) is 0 Å². The normalized spacial score (nSPS) is 13.5. The van der Waals surface area contributed by atoms with Crippen LogP contribution in [0.2, 0.25) is 0 Å². The molecule has 0 aromatic carbocycles. The minimum atomic E-state index is 0.336. The SMILES string of the molecule is CC(C)C(N)CCCc1ccnn1C. The third-order valence-corrected chi connectivity index (χ3v) is 2.75. The summed E-state index contributed by atoms with van der Waals surface area (Å²) in [5.41, 5.74) is 7.26. The van der Waals surface area contributed by atoms with E-state index in [9.17, 15) is 0 Å². The molecule has 0 fully saturated rings. The molecule has 1 aromatic rings. The van der Waals surface area contributed by atoms with Crippen molar-refractivity contribution >= 4 is 0 Å². The van der Waals surface area contributed by atoms with Crippen LogP contribution in [0.3, 0.4) is 0 Å². The van der Waals surface area contributed by atoms with Gasteiger partial charge in [0, 0.05) is 25.0 Å². The Morgan fingerprint density at radius 1 is 1.50 bits per heavy atom. The van der Waals surface area contributed by atoms with Crippen LogP contribution in [0.25, 0.3) is 0 Å². The number of hydrogen-bond acceptors (Lipinski definition) is 2. The van der Waals surface area contributed by atoms with E-state index in [-0.39, 0.29) is 0 Å². The average molecular weight is 195 g/mol. The van der Waals surface area contributed by atoms with E-state index >= 15 is 0 Å². The molecule has 1 atom stereocenters. The molecule has 0 bridgehead atoms. The number of nitrogens with zero attached hydrogens (tertiary/aromatic N) is 2. The van der Waals surface area contributed by atoms with E-state index in [4.69, 9.17) is 5.73 Å². The monoisotopic (exact) mass is 195 g/mol. The molecule has 0 saturated carbocycles. The van der Waals surface area contributed by atoms with Gasteiger partial charge >= 0.3 is 0 Å². The third kappa shape index (κ3) is 3.14. The van der Waals surface area contributed by atoms with Gasteiger partial charge in [0.25, 0.3) is 0 Å². The van der Waals surface area contributed by atoms with Crippen molar-refractivity contribution < 1.29 is 0 Å². The van der Waals surface area contributed by atoms with Crippen LogP contribution in [0.15, 0.2) is 12.3 Å². The Hall–Kier alpha value is -0.830. The molecule has 0 radical (unpaired) electrons. The summed E-state index contributed by atoms with van der Waals surface area (Å²) in [4.78, 5) is 0. The van der Waals surface area contributed by atoms with Crippen LogP contribution in [-0.2, 0) is 13.5 Å². The van der Waals surface area contributed by atoms with Crippen LogP contribution < -0.4 is 5.73 Å². The molecule has 1 rings (SSSR count). The second-order valence-electron chi connectivity index (χ2n) is 4.25.